The Balaban J connectivity index is 2.27. The van der Waals surface area contributed by atoms with Gasteiger partial charge in [-0.2, -0.15) is 5.26 Å². The fraction of sp³-hybridized carbons (Fsp3) is 0. The van der Waals surface area contributed by atoms with Crippen LogP contribution in [0.25, 0.3) is 0 Å². The van der Waals surface area contributed by atoms with E-state index in [-0.39, 0.29) is 0 Å². The van der Waals surface area contributed by atoms with Gasteiger partial charge in [-0.05, 0) is 30.3 Å². The lowest BCUT2D eigenvalue weighted by Gasteiger charge is -2.01. The third-order valence-electron chi connectivity index (χ3n) is 1.91. The molecule has 2 aromatic rings. The van der Waals surface area contributed by atoms with Crippen molar-refractivity contribution < 1.29 is 4.39 Å². The first-order valence-corrected chi connectivity index (χ1v) is 5.40. The monoisotopic (exact) mass is 230 g/mol. The smallest absolute Gasteiger partial charge is 0.138 e. The lowest BCUT2D eigenvalue weighted by atomic mass is 10.2. The van der Waals surface area contributed by atoms with Gasteiger partial charge in [0.25, 0.3) is 0 Å². The second kappa shape index (κ2) is 4.77. The highest BCUT2D eigenvalue weighted by Gasteiger charge is 2.05. The highest BCUT2D eigenvalue weighted by molar-refractivity contribution is 7.99. The van der Waals surface area contributed by atoms with E-state index < -0.39 is 5.82 Å². The topological polar surface area (TPSA) is 36.7 Å². The maximum atomic E-state index is 13.5. The second-order valence-electron chi connectivity index (χ2n) is 3.03. The first-order chi connectivity index (χ1) is 7.79. The molecule has 0 fully saturated rings. The minimum atomic E-state index is -0.394. The summed E-state index contributed by atoms with van der Waals surface area (Å²) in [5.74, 6) is -0.394. The van der Waals surface area contributed by atoms with Crippen molar-refractivity contribution in [1.29, 1.82) is 5.26 Å². The molecule has 4 heteroatoms. The standard InChI is InChI=1S/C12H7FN2S/c13-10-7-9(8-14)4-5-11(10)16-12-3-1-2-6-15-12/h1-7H. The van der Waals surface area contributed by atoms with Crippen LogP contribution in [0.3, 0.4) is 0 Å². The minimum absolute atomic E-state index is 0.322. The van der Waals surface area contributed by atoms with E-state index in [1.165, 1.54) is 17.8 Å². The Labute approximate surface area is 96.8 Å². The van der Waals surface area contributed by atoms with Crippen LogP contribution in [0.4, 0.5) is 4.39 Å². The number of halogens is 1. The van der Waals surface area contributed by atoms with Crippen molar-refractivity contribution in [2.45, 2.75) is 9.92 Å². The number of benzene rings is 1. The van der Waals surface area contributed by atoms with Gasteiger partial charge in [-0.3, -0.25) is 0 Å². The van der Waals surface area contributed by atoms with E-state index in [2.05, 4.69) is 4.98 Å². The fourth-order valence-corrected chi connectivity index (χ4v) is 1.95. The Bertz CT molecular complexity index is 534. The second-order valence-corrected chi connectivity index (χ2v) is 4.09. The summed E-state index contributed by atoms with van der Waals surface area (Å²) in [6, 6.07) is 11.8. The first-order valence-electron chi connectivity index (χ1n) is 4.58. The van der Waals surface area contributed by atoms with Crippen molar-refractivity contribution in [1.82, 2.24) is 4.98 Å². The van der Waals surface area contributed by atoms with Gasteiger partial charge in [0.1, 0.15) is 10.8 Å². The molecule has 0 bridgehead atoms. The van der Waals surface area contributed by atoms with Gasteiger partial charge in [-0.1, -0.05) is 17.8 Å². The molecule has 0 amide bonds. The lowest BCUT2D eigenvalue weighted by Crippen LogP contribution is -1.84. The fourth-order valence-electron chi connectivity index (χ4n) is 1.17. The van der Waals surface area contributed by atoms with Gasteiger partial charge >= 0.3 is 0 Å². The highest BCUT2D eigenvalue weighted by atomic mass is 32.2. The number of pyridine rings is 1. The molecule has 1 aromatic carbocycles. The molecule has 78 valence electrons. The molecule has 0 aliphatic carbocycles. The first kappa shape index (κ1) is 10.7. The van der Waals surface area contributed by atoms with E-state index in [1.807, 2.05) is 18.2 Å². The minimum Gasteiger partial charge on any atom is -0.250 e. The van der Waals surface area contributed by atoms with Gasteiger partial charge in [-0.25, -0.2) is 9.37 Å². The van der Waals surface area contributed by atoms with Crippen LogP contribution >= 0.6 is 11.8 Å². The van der Waals surface area contributed by atoms with Gasteiger partial charge in [-0.15, -0.1) is 0 Å². The van der Waals surface area contributed by atoms with Crippen LogP contribution in [-0.2, 0) is 0 Å². The molecule has 0 unspecified atom stereocenters. The van der Waals surface area contributed by atoms with Gasteiger partial charge in [0.05, 0.1) is 11.6 Å². The van der Waals surface area contributed by atoms with E-state index in [9.17, 15) is 4.39 Å². The number of rotatable bonds is 2. The SMILES string of the molecule is N#Cc1ccc(Sc2ccccn2)c(F)c1. The summed E-state index contributed by atoms with van der Waals surface area (Å²) < 4.78 is 13.5. The molecule has 0 saturated carbocycles. The predicted octanol–water partition coefficient (Wildman–Crippen LogP) is 3.24. The normalized spacial score (nSPS) is 9.75. The van der Waals surface area contributed by atoms with Crippen LogP contribution < -0.4 is 0 Å². The molecule has 1 aromatic heterocycles. The van der Waals surface area contributed by atoms with E-state index in [0.717, 1.165) is 5.03 Å². The third kappa shape index (κ3) is 2.38. The predicted molar refractivity (Wildman–Crippen MR) is 59.5 cm³/mol. The van der Waals surface area contributed by atoms with Gasteiger partial charge in [0, 0.05) is 11.1 Å². The Morgan fingerprint density at radius 1 is 1.25 bits per heavy atom. The Kier molecular flexibility index (Phi) is 3.18. The Morgan fingerprint density at radius 3 is 2.75 bits per heavy atom. The summed E-state index contributed by atoms with van der Waals surface area (Å²) >= 11 is 1.24. The summed E-state index contributed by atoms with van der Waals surface area (Å²) in [6.07, 6.45) is 1.66. The quantitative estimate of drug-likeness (QED) is 0.794. The average Bonchev–Trinajstić information content (AvgIpc) is 2.33. The van der Waals surface area contributed by atoms with Crippen molar-refractivity contribution in [3.63, 3.8) is 0 Å². The molecule has 0 radical (unpaired) electrons. The molecule has 2 rings (SSSR count). The maximum absolute atomic E-state index is 13.5. The summed E-state index contributed by atoms with van der Waals surface area (Å²) in [4.78, 5) is 4.56. The summed E-state index contributed by atoms with van der Waals surface area (Å²) in [7, 11) is 0. The van der Waals surface area contributed by atoms with Crippen LogP contribution in [-0.4, -0.2) is 4.98 Å². The van der Waals surface area contributed by atoms with Crippen molar-refractivity contribution in [3.8, 4) is 6.07 Å². The molecule has 16 heavy (non-hydrogen) atoms. The maximum Gasteiger partial charge on any atom is 0.138 e. The molecular weight excluding hydrogens is 223 g/mol. The van der Waals surface area contributed by atoms with Crippen molar-refractivity contribution in [2.75, 3.05) is 0 Å². The molecule has 0 N–H and O–H groups in total. The van der Waals surface area contributed by atoms with Crippen LogP contribution in [0.15, 0.2) is 52.5 Å². The van der Waals surface area contributed by atoms with Crippen LogP contribution in [0.2, 0.25) is 0 Å². The number of aromatic nitrogens is 1. The molecule has 2 nitrogen and oxygen atoms in total. The molecule has 1 heterocycles. The van der Waals surface area contributed by atoms with Crippen molar-refractivity contribution in [3.05, 3.63) is 54.0 Å². The molecule has 0 aliphatic heterocycles. The zero-order chi connectivity index (χ0) is 11.4. The van der Waals surface area contributed by atoms with E-state index in [1.54, 1.807) is 24.4 Å². The number of nitrogens with zero attached hydrogens (tertiary/aromatic N) is 2. The van der Waals surface area contributed by atoms with Crippen molar-refractivity contribution in [2.24, 2.45) is 0 Å². The molecule has 0 aliphatic rings. The number of hydrogen-bond donors (Lipinski definition) is 0. The molecular formula is C12H7FN2S. The van der Waals surface area contributed by atoms with Gasteiger partial charge in [0.15, 0.2) is 0 Å². The zero-order valence-corrected chi connectivity index (χ0v) is 9.04. The van der Waals surface area contributed by atoms with Crippen LogP contribution in [0, 0.1) is 17.1 Å². The number of nitriles is 1. The molecule has 0 saturated heterocycles. The van der Waals surface area contributed by atoms with Crippen LogP contribution in [0.1, 0.15) is 5.56 Å². The van der Waals surface area contributed by atoms with E-state index >= 15 is 0 Å². The Morgan fingerprint density at radius 2 is 2.12 bits per heavy atom. The number of hydrogen-bond acceptors (Lipinski definition) is 3. The lowest BCUT2D eigenvalue weighted by molar-refractivity contribution is 0.601. The largest absolute Gasteiger partial charge is 0.250 e. The van der Waals surface area contributed by atoms with E-state index in [4.69, 9.17) is 5.26 Å². The molecule has 0 spiro atoms. The summed E-state index contributed by atoms with van der Waals surface area (Å²) in [5, 5.41) is 9.33. The third-order valence-corrected chi connectivity index (χ3v) is 2.91. The highest BCUT2D eigenvalue weighted by Crippen LogP contribution is 2.28. The average molecular weight is 230 g/mol. The zero-order valence-electron chi connectivity index (χ0n) is 8.22. The van der Waals surface area contributed by atoms with E-state index in [0.29, 0.717) is 10.5 Å². The molecule has 0 atom stereocenters. The van der Waals surface area contributed by atoms with Gasteiger partial charge in [0.2, 0.25) is 0 Å². The van der Waals surface area contributed by atoms with Gasteiger partial charge < -0.3 is 0 Å². The summed E-state index contributed by atoms with van der Waals surface area (Å²) in [6.45, 7) is 0. The van der Waals surface area contributed by atoms with Crippen LogP contribution in [0.5, 0.6) is 0 Å². The van der Waals surface area contributed by atoms with Crippen molar-refractivity contribution >= 4 is 11.8 Å². The Hall–Kier alpha value is -1.86. The summed E-state index contributed by atoms with van der Waals surface area (Å²) in [5.41, 5.74) is 0.322.